The van der Waals surface area contributed by atoms with Gasteiger partial charge in [0.1, 0.15) is 5.69 Å². The smallest absolute Gasteiger partial charge is 0.270 e. The summed E-state index contributed by atoms with van der Waals surface area (Å²) in [6.07, 6.45) is 3.48. The van der Waals surface area contributed by atoms with Crippen LogP contribution in [0, 0.1) is 5.92 Å². The number of nitrogens with one attached hydrogen (secondary N) is 2. The second kappa shape index (κ2) is 7.17. The predicted octanol–water partition coefficient (Wildman–Crippen LogP) is 3.18. The molecule has 0 spiro atoms. The molecule has 1 atom stereocenters. The van der Waals surface area contributed by atoms with E-state index in [0.29, 0.717) is 17.1 Å². The van der Waals surface area contributed by atoms with Gasteiger partial charge in [-0.2, -0.15) is 5.10 Å². The van der Waals surface area contributed by atoms with E-state index >= 15 is 0 Å². The molecule has 0 aliphatic carbocycles. The first-order chi connectivity index (χ1) is 12.1. The second-order valence-electron chi connectivity index (χ2n) is 6.21. The minimum absolute atomic E-state index is 0.158. The maximum absolute atomic E-state index is 12.9. The van der Waals surface area contributed by atoms with Gasteiger partial charge >= 0.3 is 0 Å². The summed E-state index contributed by atoms with van der Waals surface area (Å²) in [4.78, 5) is 17.0. The van der Waals surface area contributed by atoms with Crippen molar-refractivity contribution in [2.75, 3.05) is 5.73 Å². The molecule has 1 aromatic carbocycles. The van der Waals surface area contributed by atoms with Crippen molar-refractivity contribution < 1.29 is 4.79 Å². The molecule has 0 unspecified atom stereocenters. The van der Waals surface area contributed by atoms with E-state index in [2.05, 4.69) is 34.3 Å². The van der Waals surface area contributed by atoms with Crippen LogP contribution in [0.25, 0.3) is 11.1 Å². The van der Waals surface area contributed by atoms with Crippen LogP contribution in [0.5, 0.6) is 0 Å². The largest absolute Gasteiger partial charge is 0.382 e. The van der Waals surface area contributed by atoms with Gasteiger partial charge in [0.05, 0.1) is 11.6 Å². The Morgan fingerprint density at radius 1 is 1.16 bits per heavy atom. The Morgan fingerprint density at radius 2 is 1.92 bits per heavy atom. The normalized spacial score (nSPS) is 12.1. The summed E-state index contributed by atoms with van der Waals surface area (Å²) < 4.78 is 0. The number of rotatable bonds is 5. The van der Waals surface area contributed by atoms with Crippen molar-refractivity contribution in [1.29, 1.82) is 0 Å². The van der Waals surface area contributed by atoms with Gasteiger partial charge in [-0.15, -0.1) is 0 Å². The van der Waals surface area contributed by atoms with Crippen molar-refractivity contribution in [3.05, 3.63) is 66.1 Å². The fourth-order valence-electron chi connectivity index (χ4n) is 2.83. The van der Waals surface area contributed by atoms with Crippen LogP contribution in [0.4, 0.5) is 5.82 Å². The third kappa shape index (κ3) is 3.52. The lowest BCUT2D eigenvalue weighted by Crippen LogP contribution is -2.32. The molecule has 0 saturated heterocycles. The third-order valence-electron chi connectivity index (χ3n) is 4.08. The fraction of sp³-hybridized carbons (Fsp3) is 0.211. The number of benzene rings is 1. The number of hydrogen-bond donors (Lipinski definition) is 3. The van der Waals surface area contributed by atoms with E-state index in [9.17, 15) is 4.79 Å². The number of carbonyl (C=O) groups excluding carboxylic acids is 1. The highest BCUT2D eigenvalue weighted by Crippen LogP contribution is 2.29. The molecule has 0 radical (unpaired) electrons. The summed E-state index contributed by atoms with van der Waals surface area (Å²) in [5, 5.41) is 9.85. The number of aromatic amines is 1. The molecule has 0 aliphatic heterocycles. The standard InChI is InChI=1S/C19H21N5O/c1-12(2)16(14-9-6-10-21-11-14)22-19(25)17-15(18(20)24-23-17)13-7-4-3-5-8-13/h3-12,16H,1-2H3,(H,22,25)(H3,20,23,24)/t16-/m0/s1. The third-order valence-corrected chi connectivity index (χ3v) is 4.08. The number of hydrogen-bond acceptors (Lipinski definition) is 4. The van der Waals surface area contributed by atoms with Crippen LogP contribution in [0.1, 0.15) is 35.9 Å². The Morgan fingerprint density at radius 3 is 2.56 bits per heavy atom. The molecule has 4 N–H and O–H groups in total. The topological polar surface area (TPSA) is 96.7 Å². The van der Waals surface area contributed by atoms with Crippen LogP contribution in [0.3, 0.4) is 0 Å². The molecule has 25 heavy (non-hydrogen) atoms. The maximum Gasteiger partial charge on any atom is 0.270 e. The first-order valence-corrected chi connectivity index (χ1v) is 8.18. The summed E-state index contributed by atoms with van der Waals surface area (Å²) in [5.41, 5.74) is 8.76. The van der Waals surface area contributed by atoms with E-state index in [1.807, 2.05) is 42.5 Å². The van der Waals surface area contributed by atoms with Crippen molar-refractivity contribution >= 4 is 11.7 Å². The molecule has 6 heteroatoms. The molecule has 0 fully saturated rings. The van der Waals surface area contributed by atoms with Crippen LogP contribution in [-0.2, 0) is 0 Å². The van der Waals surface area contributed by atoms with Crippen molar-refractivity contribution in [3.63, 3.8) is 0 Å². The van der Waals surface area contributed by atoms with Gasteiger partial charge in [-0.1, -0.05) is 50.2 Å². The maximum atomic E-state index is 12.9. The minimum atomic E-state index is -0.245. The Balaban J connectivity index is 1.91. The molecule has 6 nitrogen and oxygen atoms in total. The van der Waals surface area contributed by atoms with Crippen LogP contribution >= 0.6 is 0 Å². The summed E-state index contributed by atoms with van der Waals surface area (Å²) in [5.74, 6) is 0.262. The number of anilines is 1. The summed E-state index contributed by atoms with van der Waals surface area (Å²) in [7, 11) is 0. The number of nitrogens with zero attached hydrogens (tertiary/aromatic N) is 2. The Bertz CT molecular complexity index is 843. The van der Waals surface area contributed by atoms with Gasteiger partial charge in [0.2, 0.25) is 0 Å². The van der Waals surface area contributed by atoms with E-state index in [4.69, 9.17) is 5.73 Å². The Hall–Kier alpha value is -3.15. The molecule has 3 rings (SSSR count). The lowest BCUT2D eigenvalue weighted by molar-refractivity contribution is 0.0921. The van der Waals surface area contributed by atoms with Gasteiger partial charge in [0, 0.05) is 12.4 Å². The molecule has 128 valence electrons. The van der Waals surface area contributed by atoms with Gasteiger partial charge in [0.15, 0.2) is 5.82 Å². The van der Waals surface area contributed by atoms with Crippen molar-refractivity contribution in [3.8, 4) is 11.1 Å². The van der Waals surface area contributed by atoms with Gasteiger partial charge < -0.3 is 11.1 Å². The highest BCUT2D eigenvalue weighted by molar-refractivity contribution is 6.01. The SMILES string of the molecule is CC(C)[C@H](NC(=O)c1[nH]nc(N)c1-c1ccccc1)c1cccnc1. The molecule has 2 aromatic heterocycles. The van der Waals surface area contributed by atoms with Crippen LogP contribution in [0.2, 0.25) is 0 Å². The molecule has 0 aliphatic rings. The zero-order valence-electron chi connectivity index (χ0n) is 14.2. The zero-order valence-corrected chi connectivity index (χ0v) is 14.2. The molecule has 0 bridgehead atoms. The van der Waals surface area contributed by atoms with E-state index in [0.717, 1.165) is 11.1 Å². The van der Waals surface area contributed by atoms with Crippen LogP contribution in [-0.4, -0.2) is 21.1 Å². The summed E-state index contributed by atoms with van der Waals surface area (Å²) >= 11 is 0. The molecule has 1 amide bonds. The van der Waals surface area contributed by atoms with Gasteiger partial charge in [-0.3, -0.25) is 14.9 Å². The highest BCUT2D eigenvalue weighted by atomic mass is 16.2. The predicted molar refractivity (Wildman–Crippen MR) is 97.7 cm³/mol. The highest BCUT2D eigenvalue weighted by Gasteiger charge is 2.24. The minimum Gasteiger partial charge on any atom is -0.382 e. The summed E-state index contributed by atoms with van der Waals surface area (Å²) in [6, 6.07) is 13.2. The lowest BCUT2D eigenvalue weighted by atomic mass is 9.97. The van der Waals surface area contributed by atoms with Crippen LogP contribution in [0.15, 0.2) is 54.9 Å². The van der Waals surface area contributed by atoms with Crippen molar-refractivity contribution in [2.24, 2.45) is 5.92 Å². The van der Waals surface area contributed by atoms with E-state index in [-0.39, 0.29) is 17.9 Å². The Kier molecular flexibility index (Phi) is 4.79. The zero-order chi connectivity index (χ0) is 17.8. The van der Waals surface area contributed by atoms with E-state index in [1.54, 1.807) is 12.4 Å². The second-order valence-corrected chi connectivity index (χ2v) is 6.21. The fourth-order valence-corrected chi connectivity index (χ4v) is 2.83. The first-order valence-electron chi connectivity index (χ1n) is 8.18. The number of pyridine rings is 1. The average Bonchev–Trinajstić information content (AvgIpc) is 3.02. The number of aromatic nitrogens is 3. The molecule has 0 saturated carbocycles. The van der Waals surface area contributed by atoms with Crippen molar-refractivity contribution in [2.45, 2.75) is 19.9 Å². The molecule has 3 aromatic rings. The Labute approximate surface area is 146 Å². The van der Waals surface area contributed by atoms with Crippen LogP contribution < -0.4 is 11.1 Å². The number of H-pyrrole nitrogens is 1. The molecule has 2 heterocycles. The first kappa shape index (κ1) is 16.7. The number of nitrogen functional groups attached to an aromatic ring is 1. The quantitative estimate of drug-likeness (QED) is 0.667. The van der Waals surface area contributed by atoms with Gasteiger partial charge in [-0.25, -0.2) is 0 Å². The number of nitrogens with two attached hydrogens (primary N) is 1. The molecular formula is C19H21N5O. The van der Waals surface area contributed by atoms with Gasteiger partial charge in [0.25, 0.3) is 5.91 Å². The van der Waals surface area contributed by atoms with E-state index < -0.39 is 0 Å². The summed E-state index contributed by atoms with van der Waals surface area (Å²) in [6.45, 7) is 4.11. The number of amides is 1. The lowest BCUT2D eigenvalue weighted by Gasteiger charge is -2.22. The monoisotopic (exact) mass is 335 g/mol. The number of carbonyl (C=O) groups is 1. The van der Waals surface area contributed by atoms with Crippen molar-refractivity contribution in [1.82, 2.24) is 20.5 Å². The average molecular weight is 335 g/mol. The molecular weight excluding hydrogens is 314 g/mol. The van der Waals surface area contributed by atoms with Gasteiger partial charge in [-0.05, 0) is 23.1 Å². The van der Waals surface area contributed by atoms with E-state index in [1.165, 1.54) is 0 Å².